The lowest BCUT2D eigenvalue weighted by molar-refractivity contribution is -0.132. The molecular weight excluding hydrogens is 677 g/mol. The number of carbonyl (C=O) groups is 2. The lowest BCUT2D eigenvalue weighted by Crippen LogP contribution is -2.51. The lowest BCUT2D eigenvalue weighted by Gasteiger charge is -2.53. The molecular formula is C46H62N2O6. The van der Waals surface area contributed by atoms with Gasteiger partial charge in [0.05, 0.1) is 0 Å². The van der Waals surface area contributed by atoms with Gasteiger partial charge in [0, 0.05) is 57.0 Å². The minimum absolute atomic E-state index is 0.215. The maximum atomic E-state index is 12.2. The molecule has 4 aliphatic carbocycles. The number of fused-ring (bicyclic) bond motifs is 4. The first-order valence-electron chi connectivity index (χ1n) is 19.7. The van der Waals surface area contributed by atoms with Crippen LogP contribution in [0.15, 0.2) is 53.1 Å². The summed E-state index contributed by atoms with van der Waals surface area (Å²) in [5.41, 5.74) is 8.33. The number of nitrogens with one attached hydrogen (secondary N) is 1. The summed E-state index contributed by atoms with van der Waals surface area (Å²) in [7, 11) is 4.14. The molecule has 0 heterocycles. The second kappa shape index (κ2) is 16.9. The molecule has 2 aromatic carbocycles. The summed E-state index contributed by atoms with van der Waals surface area (Å²) in [6.45, 7) is 16.0. The normalized spacial score (nSPS) is 26.3. The molecule has 0 aliphatic heterocycles. The van der Waals surface area contributed by atoms with Gasteiger partial charge in [-0.1, -0.05) is 44.4 Å². The van der Waals surface area contributed by atoms with Gasteiger partial charge >= 0.3 is 5.97 Å². The fourth-order valence-corrected chi connectivity index (χ4v) is 9.47. The second-order valence-corrected chi connectivity index (χ2v) is 16.6. The third kappa shape index (κ3) is 8.49. The van der Waals surface area contributed by atoms with Crippen LogP contribution in [-0.2, 0) is 9.59 Å². The molecule has 6 atom stereocenters. The molecule has 3 N–H and O–H groups in total. The minimum Gasteiger partial charge on any atom is -0.491 e. The van der Waals surface area contributed by atoms with Crippen LogP contribution in [0.1, 0.15) is 108 Å². The SMILES string of the molecule is CC#C[C@]1(O)CC[C@H]2[C@@H]3CCC4=CC(=O)CCC4=C3[C@@H](c3ccc(N(C)C)cc3)C[C@@]21C.CC(=O)Oc1c(C)cc(OCC(O)CNC(C)C)c(C)c1C. The summed E-state index contributed by atoms with van der Waals surface area (Å²) in [5, 5.41) is 24.8. The monoisotopic (exact) mass is 738 g/mol. The largest absolute Gasteiger partial charge is 0.491 e. The Labute approximate surface area is 323 Å². The zero-order chi connectivity index (χ0) is 39.5. The Balaban J connectivity index is 0.000000225. The van der Waals surface area contributed by atoms with Crippen LogP contribution >= 0.6 is 0 Å². The number of aryl methyl sites for hydroxylation is 1. The fourth-order valence-electron chi connectivity index (χ4n) is 9.47. The molecule has 8 heteroatoms. The molecule has 0 spiro atoms. The van der Waals surface area contributed by atoms with Crippen molar-refractivity contribution in [2.24, 2.45) is 17.3 Å². The molecule has 4 aliphatic rings. The molecule has 2 saturated carbocycles. The van der Waals surface area contributed by atoms with Gasteiger partial charge in [-0.2, -0.15) is 0 Å². The molecule has 0 amide bonds. The smallest absolute Gasteiger partial charge is 0.308 e. The van der Waals surface area contributed by atoms with Crippen LogP contribution < -0.4 is 19.7 Å². The summed E-state index contributed by atoms with van der Waals surface area (Å²) in [6, 6.07) is 11.1. The van der Waals surface area contributed by atoms with E-state index in [2.05, 4.69) is 67.3 Å². The number of ether oxygens (including phenoxy) is 2. The van der Waals surface area contributed by atoms with Gasteiger partial charge in [-0.3, -0.25) is 9.59 Å². The van der Waals surface area contributed by atoms with Crippen molar-refractivity contribution in [1.82, 2.24) is 5.32 Å². The number of esters is 1. The van der Waals surface area contributed by atoms with Crippen LogP contribution in [0.5, 0.6) is 11.5 Å². The molecule has 0 bridgehead atoms. The highest BCUT2D eigenvalue weighted by Crippen LogP contribution is 2.66. The van der Waals surface area contributed by atoms with E-state index in [0.29, 0.717) is 42.3 Å². The number of aliphatic hydroxyl groups is 2. The lowest BCUT2D eigenvalue weighted by atomic mass is 9.51. The second-order valence-electron chi connectivity index (χ2n) is 16.6. The molecule has 1 unspecified atom stereocenters. The van der Waals surface area contributed by atoms with Crippen LogP contribution in [-0.4, -0.2) is 67.0 Å². The van der Waals surface area contributed by atoms with E-state index < -0.39 is 11.7 Å². The van der Waals surface area contributed by atoms with Gasteiger partial charge in [-0.15, -0.1) is 5.92 Å². The first-order chi connectivity index (χ1) is 25.5. The highest BCUT2D eigenvalue weighted by atomic mass is 16.5. The van der Waals surface area contributed by atoms with Crippen molar-refractivity contribution in [1.29, 1.82) is 0 Å². The number of allylic oxidation sites excluding steroid dienone is 4. The van der Waals surface area contributed by atoms with Crippen molar-refractivity contribution in [2.75, 3.05) is 32.1 Å². The summed E-state index contributed by atoms with van der Waals surface area (Å²) < 4.78 is 11.0. The van der Waals surface area contributed by atoms with Crippen molar-refractivity contribution in [3.05, 3.63) is 75.4 Å². The molecule has 6 rings (SSSR count). The molecule has 8 nitrogen and oxygen atoms in total. The van der Waals surface area contributed by atoms with E-state index in [1.807, 2.05) is 53.7 Å². The molecule has 0 aromatic heterocycles. The number of benzene rings is 2. The molecule has 2 fully saturated rings. The van der Waals surface area contributed by atoms with Gasteiger partial charge in [0.25, 0.3) is 0 Å². The number of ketones is 1. The number of hydrogen-bond donors (Lipinski definition) is 3. The molecule has 2 aromatic rings. The fraction of sp³-hybridized carbons (Fsp3) is 0.565. The Morgan fingerprint density at radius 3 is 2.41 bits per heavy atom. The van der Waals surface area contributed by atoms with Crippen LogP contribution in [0, 0.1) is 49.9 Å². The van der Waals surface area contributed by atoms with Crippen LogP contribution in [0.3, 0.4) is 0 Å². The van der Waals surface area contributed by atoms with E-state index in [4.69, 9.17) is 9.47 Å². The number of anilines is 1. The Kier molecular flexibility index (Phi) is 12.9. The Morgan fingerprint density at radius 2 is 1.78 bits per heavy atom. The number of nitrogens with zero attached hydrogens (tertiary/aromatic N) is 1. The van der Waals surface area contributed by atoms with E-state index in [1.54, 1.807) is 5.57 Å². The van der Waals surface area contributed by atoms with E-state index in [-0.39, 0.29) is 29.7 Å². The summed E-state index contributed by atoms with van der Waals surface area (Å²) in [5.74, 6) is 8.71. The van der Waals surface area contributed by atoms with E-state index >= 15 is 0 Å². The first kappa shape index (κ1) is 41.3. The number of hydrogen-bond acceptors (Lipinski definition) is 8. The van der Waals surface area contributed by atoms with E-state index in [9.17, 15) is 19.8 Å². The van der Waals surface area contributed by atoms with Gasteiger partial charge in [0.2, 0.25) is 0 Å². The zero-order valence-corrected chi connectivity index (χ0v) is 34.2. The maximum absolute atomic E-state index is 12.2. The topological polar surface area (TPSA) is 108 Å². The van der Waals surface area contributed by atoms with Gasteiger partial charge in [-0.05, 0) is 136 Å². The third-order valence-electron chi connectivity index (χ3n) is 12.4. The Bertz CT molecular complexity index is 1850. The first-order valence-corrected chi connectivity index (χ1v) is 19.7. The third-order valence-corrected chi connectivity index (χ3v) is 12.4. The number of aliphatic hydroxyl groups excluding tert-OH is 1. The molecule has 0 radical (unpaired) electrons. The van der Waals surface area contributed by atoms with Gasteiger partial charge < -0.3 is 29.9 Å². The van der Waals surface area contributed by atoms with E-state index in [1.165, 1.54) is 29.3 Å². The number of carbonyl (C=O) groups excluding carboxylic acids is 2. The minimum atomic E-state index is -0.914. The molecule has 292 valence electrons. The van der Waals surface area contributed by atoms with Crippen LogP contribution in [0.2, 0.25) is 0 Å². The quantitative estimate of drug-likeness (QED) is 0.137. The number of rotatable bonds is 9. The Morgan fingerprint density at radius 1 is 1.07 bits per heavy atom. The van der Waals surface area contributed by atoms with Crippen molar-refractivity contribution in [2.45, 2.75) is 124 Å². The average Bonchev–Trinajstić information content (AvgIpc) is 3.39. The molecule has 54 heavy (non-hydrogen) atoms. The van der Waals surface area contributed by atoms with Crippen molar-refractivity contribution in [3.8, 4) is 23.3 Å². The Hall–Kier alpha value is -3.90. The van der Waals surface area contributed by atoms with Crippen molar-refractivity contribution < 1.29 is 29.3 Å². The maximum Gasteiger partial charge on any atom is 0.308 e. The zero-order valence-electron chi connectivity index (χ0n) is 34.2. The summed E-state index contributed by atoms with van der Waals surface area (Å²) in [4.78, 5) is 25.5. The summed E-state index contributed by atoms with van der Waals surface area (Å²) in [6.07, 6.45) is 7.66. The average molecular weight is 739 g/mol. The van der Waals surface area contributed by atoms with Crippen molar-refractivity contribution >= 4 is 17.4 Å². The van der Waals surface area contributed by atoms with Gasteiger partial charge in [0.15, 0.2) is 5.78 Å². The highest BCUT2D eigenvalue weighted by molar-refractivity contribution is 5.93. The summed E-state index contributed by atoms with van der Waals surface area (Å²) >= 11 is 0. The van der Waals surface area contributed by atoms with Crippen molar-refractivity contribution in [3.63, 3.8) is 0 Å². The van der Waals surface area contributed by atoms with Crippen LogP contribution in [0.4, 0.5) is 5.69 Å². The van der Waals surface area contributed by atoms with E-state index in [0.717, 1.165) is 55.2 Å². The molecule has 0 saturated heterocycles. The predicted octanol–water partition coefficient (Wildman–Crippen LogP) is 7.68. The standard InChI is InChI=1S/C29H35NO2.C17H27NO4/c1-5-15-29(32)16-14-26-24-12-8-20-17-22(31)11-13-23(20)27(24)25(18-28(26,29)2)19-6-9-21(10-7-19)30(3)4;1-10(2)18-8-15(20)9-21-16-7-11(3)17(22-14(6)19)13(5)12(16)4/h6-7,9-10,17,24-26,32H,8,11-14,16,18H2,1-4H3;7,10,15,18,20H,8-9H2,1-6H3/t24-,25+,26-,28-,29-;/m0./s1. The van der Waals surface area contributed by atoms with Crippen LogP contribution in [0.25, 0.3) is 0 Å². The highest BCUT2D eigenvalue weighted by Gasteiger charge is 2.62. The van der Waals surface area contributed by atoms with Gasteiger partial charge in [0.1, 0.15) is 29.8 Å². The van der Waals surface area contributed by atoms with Gasteiger partial charge in [-0.25, -0.2) is 0 Å². The predicted molar refractivity (Wildman–Crippen MR) is 216 cm³/mol.